The van der Waals surface area contributed by atoms with E-state index in [1.54, 1.807) is 0 Å². The first kappa shape index (κ1) is 13.8. The minimum Gasteiger partial charge on any atom is -0.350 e. The molecule has 1 saturated heterocycles. The lowest BCUT2D eigenvalue weighted by Gasteiger charge is -2.24. The molecule has 1 aromatic carbocycles. The van der Waals surface area contributed by atoms with E-state index >= 15 is 0 Å². The number of carbonyl (C=O) groups is 2. The summed E-state index contributed by atoms with van der Waals surface area (Å²) in [5, 5.41) is 6.30. The Balaban J connectivity index is 1.57. The molecule has 0 radical (unpaired) electrons. The second-order valence-electron chi connectivity index (χ2n) is 6.99. The Morgan fingerprint density at radius 3 is 2.50 bits per heavy atom. The molecule has 3 atom stereocenters. The van der Waals surface area contributed by atoms with Gasteiger partial charge in [0, 0.05) is 5.92 Å². The van der Waals surface area contributed by atoms with Crippen LogP contribution in [0.4, 0.5) is 0 Å². The fraction of sp³-hybridized carbons (Fsp3) is 0.556. The number of nitrogens with one attached hydrogen (secondary N) is 2. The predicted octanol–water partition coefficient (Wildman–Crippen LogP) is 2.17. The van der Waals surface area contributed by atoms with Gasteiger partial charge in [0.2, 0.25) is 11.8 Å². The predicted molar refractivity (Wildman–Crippen MR) is 82.8 cm³/mol. The summed E-state index contributed by atoms with van der Waals surface area (Å²) >= 11 is 0. The molecule has 3 aliphatic rings. The van der Waals surface area contributed by atoms with Crippen LogP contribution in [-0.2, 0) is 9.59 Å². The summed E-state index contributed by atoms with van der Waals surface area (Å²) in [6.45, 7) is 0. The molecule has 1 aromatic rings. The van der Waals surface area contributed by atoms with Gasteiger partial charge in [0.05, 0.1) is 18.0 Å². The largest absolute Gasteiger partial charge is 0.350 e. The fourth-order valence-electron chi connectivity index (χ4n) is 3.47. The van der Waals surface area contributed by atoms with Gasteiger partial charge in [-0.05, 0) is 30.7 Å². The molecular formula is C18H22N2O2. The molecule has 1 aliphatic heterocycles. The third kappa shape index (κ3) is 2.74. The van der Waals surface area contributed by atoms with E-state index < -0.39 is 0 Å². The van der Waals surface area contributed by atoms with Crippen molar-refractivity contribution >= 4 is 11.8 Å². The molecule has 4 rings (SSSR count). The quantitative estimate of drug-likeness (QED) is 0.875. The van der Waals surface area contributed by atoms with Crippen molar-refractivity contribution in [2.45, 2.75) is 44.2 Å². The third-order valence-corrected chi connectivity index (χ3v) is 5.13. The van der Waals surface area contributed by atoms with Gasteiger partial charge < -0.3 is 10.6 Å². The molecule has 0 spiro atoms. The van der Waals surface area contributed by atoms with Crippen molar-refractivity contribution < 1.29 is 9.59 Å². The topological polar surface area (TPSA) is 58.2 Å². The van der Waals surface area contributed by atoms with Gasteiger partial charge in [-0.1, -0.05) is 43.2 Å². The molecule has 2 aliphatic carbocycles. The summed E-state index contributed by atoms with van der Waals surface area (Å²) in [6, 6.07) is 9.79. The Kier molecular flexibility index (Phi) is 3.40. The minimum absolute atomic E-state index is 0.0830. The molecule has 2 unspecified atom stereocenters. The van der Waals surface area contributed by atoms with Gasteiger partial charge in [-0.15, -0.1) is 0 Å². The fourth-order valence-corrected chi connectivity index (χ4v) is 3.47. The average Bonchev–Trinajstić information content (AvgIpc) is 3.42. The lowest BCUT2D eigenvalue weighted by atomic mass is 9.89. The van der Waals surface area contributed by atoms with Crippen LogP contribution >= 0.6 is 0 Å². The van der Waals surface area contributed by atoms with Gasteiger partial charge in [-0.3, -0.25) is 9.59 Å². The van der Waals surface area contributed by atoms with E-state index in [9.17, 15) is 9.59 Å². The van der Waals surface area contributed by atoms with E-state index in [-0.39, 0.29) is 35.7 Å². The van der Waals surface area contributed by atoms with Crippen molar-refractivity contribution in [2.75, 3.05) is 0 Å². The Hall–Kier alpha value is -1.84. The molecule has 2 saturated carbocycles. The van der Waals surface area contributed by atoms with Crippen molar-refractivity contribution in [1.82, 2.24) is 10.6 Å². The first-order chi connectivity index (χ1) is 10.7. The SMILES string of the molecule is O=C(N[C@H]1C(CC2CC2)C(=O)NC1c1ccccc1)C1CC1. The van der Waals surface area contributed by atoms with Crippen LogP contribution in [0.1, 0.15) is 43.7 Å². The van der Waals surface area contributed by atoms with E-state index in [4.69, 9.17) is 0 Å². The number of benzene rings is 1. The number of hydrogen-bond donors (Lipinski definition) is 2. The minimum atomic E-state index is -0.108. The van der Waals surface area contributed by atoms with E-state index in [2.05, 4.69) is 10.6 Å². The Bertz CT molecular complexity index is 578. The van der Waals surface area contributed by atoms with Gasteiger partial charge in [-0.2, -0.15) is 0 Å². The second kappa shape index (κ2) is 5.41. The smallest absolute Gasteiger partial charge is 0.225 e. The monoisotopic (exact) mass is 298 g/mol. The Labute approximate surface area is 130 Å². The molecule has 3 fully saturated rings. The summed E-state index contributed by atoms with van der Waals surface area (Å²) in [7, 11) is 0. The lowest BCUT2D eigenvalue weighted by Crippen LogP contribution is -2.43. The normalized spacial score (nSPS) is 30.9. The van der Waals surface area contributed by atoms with Crippen molar-refractivity contribution in [2.24, 2.45) is 17.8 Å². The maximum atomic E-state index is 12.4. The highest BCUT2D eigenvalue weighted by Gasteiger charge is 2.46. The first-order valence-electron chi connectivity index (χ1n) is 8.38. The van der Waals surface area contributed by atoms with Gasteiger partial charge in [-0.25, -0.2) is 0 Å². The number of hydrogen-bond acceptors (Lipinski definition) is 2. The van der Waals surface area contributed by atoms with Crippen LogP contribution in [0.25, 0.3) is 0 Å². The van der Waals surface area contributed by atoms with Crippen LogP contribution in [0.15, 0.2) is 30.3 Å². The van der Waals surface area contributed by atoms with E-state index in [1.807, 2.05) is 30.3 Å². The van der Waals surface area contributed by atoms with E-state index in [0.717, 1.165) is 24.8 Å². The maximum Gasteiger partial charge on any atom is 0.225 e. The van der Waals surface area contributed by atoms with Crippen molar-refractivity contribution in [3.05, 3.63) is 35.9 Å². The van der Waals surface area contributed by atoms with Crippen LogP contribution < -0.4 is 10.6 Å². The Morgan fingerprint density at radius 2 is 1.86 bits per heavy atom. The third-order valence-electron chi connectivity index (χ3n) is 5.13. The molecule has 0 bridgehead atoms. The summed E-state index contributed by atoms with van der Waals surface area (Å²) in [5.74, 6) is 0.991. The molecule has 116 valence electrons. The van der Waals surface area contributed by atoms with Crippen molar-refractivity contribution in [1.29, 1.82) is 0 Å². The second-order valence-corrected chi connectivity index (χ2v) is 6.99. The molecule has 4 heteroatoms. The molecule has 22 heavy (non-hydrogen) atoms. The van der Waals surface area contributed by atoms with Crippen LogP contribution in [-0.4, -0.2) is 17.9 Å². The van der Waals surface area contributed by atoms with Crippen molar-refractivity contribution in [3.8, 4) is 0 Å². The number of carbonyl (C=O) groups excluding carboxylic acids is 2. The molecule has 1 heterocycles. The molecular weight excluding hydrogens is 276 g/mol. The molecule has 4 nitrogen and oxygen atoms in total. The highest BCUT2D eigenvalue weighted by molar-refractivity contribution is 5.86. The summed E-state index contributed by atoms with van der Waals surface area (Å²) in [6.07, 6.45) is 5.34. The van der Waals surface area contributed by atoms with Crippen LogP contribution in [0.2, 0.25) is 0 Å². The standard InChI is InChI=1S/C18H22N2O2/c21-17(13-8-9-13)20-16-14(10-11-6-7-11)18(22)19-15(16)12-4-2-1-3-5-12/h1-5,11,13-16H,6-10H2,(H,19,22)(H,20,21)/t14?,15?,16-/m0/s1. The summed E-state index contributed by atoms with van der Waals surface area (Å²) in [4.78, 5) is 24.7. The zero-order valence-corrected chi connectivity index (χ0v) is 12.6. The van der Waals surface area contributed by atoms with Crippen molar-refractivity contribution in [3.63, 3.8) is 0 Å². The first-order valence-corrected chi connectivity index (χ1v) is 8.38. The van der Waals surface area contributed by atoms with E-state index in [0.29, 0.717) is 5.92 Å². The van der Waals surface area contributed by atoms with Gasteiger partial charge in [0.15, 0.2) is 0 Å². The van der Waals surface area contributed by atoms with Gasteiger partial charge in [0.25, 0.3) is 0 Å². The average molecular weight is 298 g/mol. The lowest BCUT2D eigenvalue weighted by molar-refractivity contribution is -0.124. The van der Waals surface area contributed by atoms with Gasteiger partial charge >= 0.3 is 0 Å². The summed E-state index contributed by atoms with van der Waals surface area (Å²) in [5.41, 5.74) is 1.08. The van der Waals surface area contributed by atoms with Crippen LogP contribution in [0, 0.1) is 17.8 Å². The van der Waals surface area contributed by atoms with Crippen LogP contribution in [0.3, 0.4) is 0 Å². The zero-order valence-electron chi connectivity index (χ0n) is 12.6. The molecule has 2 amide bonds. The Morgan fingerprint density at radius 1 is 1.14 bits per heavy atom. The number of rotatable bonds is 5. The highest BCUT2D eigenvalue weighted by Crippen LogP contribution is 2.41. The molecule has 2 N–H and O–H groups in total. The summed E-state index contributed by atoms with van der Waals surface area (Å²) < 4.78 is 0. The van der Waals surface area contributed by atoms with Gasteiger partial charge in [0.1, 0.15) is 0 Å². The number of amides is 2. The molecule has 0 aromatic heterocycles. The zero-order chi connectivity index (χ0) is 15.1. The van der Waals surface area contributed by atoms with Crippen LogP contribution in [0.5, 0.6) is 0 Å². The highest BCUT2D eigenvalue weighted by atomic mass is 16.2. The maximum absolute atomic E-state index is 12.4. The van der Waals surface area contributed by atoms with E-state index in [1.165, 1.54) is 12.8 Å².